The third-order valence-corrected chi connectivity index (χ3v) is 5.04. The van der Waals surface area contributed by atoms with Crippen molar-refractivity contribution in [3.63, 3.8) is 0 Å². The van der Waals surface area contributed by atoms with E-state index < -0.39 is 0 Å². The van der Waals surface area contributed by atoms with Crippen LogP contribution in [0, 0.1) is 0 Å². The molecule has 1 aliphatic carbocycles. The molecular formula is C23H24N5O2-. The summed E-state index contributed by atoms with van der Waals surface area (Å²) in [6, 6.07) is 17.4. The van der Waals surface area contributed by atoms with Crippen molar-refractivity contribution < 1.29 is 9.90 Å². The number of carbonyl (C=O) groups is 1. The summed E-state index contributed by atoms with van der Waals surface area (Å²) in [5.41, 5.74) is 3.58. The number of aliphatic imine (C=N–C) groups is 1. The lowest BCUT2D eigenvalue weighted by Crippen LogP contribution is -2.27. The second-order valence-corrected chi connectivity index (χ2v) is 7.36. The summed E-state index contributed by atoms with van der Waals surface area (Å²) in [5, 5.41) is 23.4. The van der Waals surface area contributed by atoms with E-state index in [4.69, 9.17) is 0 Å². The van der Waals surface area contributed by atoms with Crippen LogP contribution in [0.15, 0.2) is 59.6 Å². The number of hydrogen-bond donors (Lipinski definition) is 1. The van der Waals surface area contributed by atoms with Gasteiger partial charge in [0.25, 0.3) is 5.91 Å². The summed E-state index contributed by atoms with van der Waals surface area (Å²) in [6.07, 6.45) is 3.41. The molecule has 1 aliphatic rings. The molecule has 0 atom stereocenters. The molecule has 0 saturated heterocycles. The number of benzene rings is 2. The molecule has 1 saturated carbocycles. The SMILES string of the molecule is CCN=C([O-])c1ccc(-n2nnc(C(=O)NC3CC3)c2CCc2ccccc2)cc1. The molecule has 7 heteroatoms. The Labute approximate surface area is 175 Å². The molecule has 0 aliphatic heterocycles. The average molecular weight is 402 g/mol. The van der Waals surface area contributed by atoms with Gasteiger partial charge in [0.15, 0.2) is 5.69 Å². The van der Waals surface area contributed by atoms with Crippen LogP contribution in [-0.2, 0) is 12.8 Å². The number of hydrogen-bond acceptors (Lipinski definition) is 5. The molecule has 3 aromatic rings. The van der Waals surface area contributed by atoms with Gasteiger partial charge >= 0.3 is 0 Å². The minimum atomic E-state index is -0.239. The first-order valence-electron chi connectivity index (χ1n) is 10.3. The number of rotatable bonds is 8. The zero-order valence-electron chi connectivity index (χ0n) is 16.9. The molecule has 1 amide bonds. The van der Waals surface area contributed by atoms with E-state index in [1.165, 1.54) is 5.56 Å². The zero-order valence-corrected chi connectivity index (χ0v) is 16.9. The Morgan fingerprint density at radius 2 is 1.87 bits per heavy atom. The first kappa shape index (κ1) is 19.8. The van der Waals surface area contributed by atoms with E-state index in [1.54, 1.807) is 16.8 Å². The van der Waals surface area contributed by atoms with Crippen molar-refractivity contribution in [3.05, 3.63) is 77.1 Å². The molecule has 4 rings (SSSR count). The van der Waals surface area contributed by atoms with Crippen molar-refractivity contribution in [1.82, 2.24) is 20.3 Å². The number of aromatic nitrogens is 3. The number of carbonyl (C=O) groups excluding carboxylic acids is 1. The van der Waals surface area contributed by atoms with Crippen LogP contribution in [0.25, 0.3) is 5.69 Å². The van der Waals surface area contributed by atoms with E-state index >= 15 is 0 Å². The maximum absolute atomic E-state index is 12.7. The minimum Gasteiger partial charge on any atom is -0.858 e. The van der Waals surface area contributed by atoms with Gasteiger partial charge in [-0.05, 0) is 61.8 Å². The van der Waals surface area contributed by atoms with Crippen LogP contribution in [0.4, 0.5) is 0 Å². The number of aryl methyl sites for hydroxylation is 1. The van der Waals surface area contributed by atoms with Crippen molar-refractivity contribution in [2.75, 3.05) is 6.54 Å². The largest absolute Gasteiger partial charge is 0.858 e. The topological polar surface area (TPSA) is 95.2 Å². The second kappa shape index (κ2) is 8.90. The molecule has 2 aromatic carbocycles. The summed E-state index contributed by atoms with van der Waals surface area (Å²) >= 11 is 0. The third-order valence-electron chi connectivity index (χ3n) is 5.04. The normalized spacial score (nSPS) is 14.0. The lowest BCUT2D eigenvalue weighted by Gasteiger charge is -2.12. The van der Waals surface area contributed by atoms with Crippen molar-refractivity contribution >= 4 is 11.8 Å². The minimum absolute atomic E-state index is 0.180. The Balaban J connectivity index is 1.63. The standard InChI is InChI=1S/C23H25N5O2/c1-2-24-22(29)17-9-13-19(14-10-17)28-20(15-8-16-6-4-3-5-7-16)21(26-27-28)23(30)25-18-11-12-18/h3-7,9-10,13-14,18H,2,8,11-12,15H2,1H3,(H,24,29)(H,25,30)/p-1. The highest BCUT2D eigenvalue weighted by atomic mass is 16.3. The highest BCUT2D eigenvalue weighted by molar-refractivity contribution is 5.94. The highest BCUT2D eigenvalue weighted by Crippen LogP contribution is 2.21. The van der Waals surface area contributed by atoms with Crippen molar-refractivity contribution in [2.24, 2.45) is 4.99 Å². The van der Waals surface area contributed by atoms with E-state index in [0.717, 1.165) is 30.6 Å². The average Bonchev–Trinajstić information content (AvgIpc) is 3.48. The molecule has 1 aromatic heterocycles. The lowest BCUT2D eigenvalue weighted by atomic mass is 10.1. The van der Waals surface area contributed by atoms with Gasteiger partial charge in [-0.1, -0.05) is 47.7 Å². The number of amides is 1. The zero-order chi connectivity index (χ0) is 20.9. The smallest absolute Gasteiger partial charge is 0.273 e. The van der Waals surface area contributed by atoms with Gasteiger partial charge < -0.3 is 15.4 Å². The van der Waals surface area contributed by atoms with Crippen LogP contribution in [0.1, 0.15) is 47.1 Å². The van der Waals surface area contributed by atoms with E-state index in [2.05, 4.69) is 32.8 Å². The Morgan fingerprint density at radius 3 is 2.53 bits per heavy atom. The molecule has 0 radical (unpaired) electrons. The molecule has 1 heterocycles. The Morgan fingerprint density at radius 1 is 1.13 bits per heavy atom. The van der Waals surface area contributed by atoms with Crippen LogP contribution in [-0.4, -0.2) is 39.4 Å². The van der Waals surface area contributed by atoms with Gasteiger partial charge in [0.05, 0.1) is 11.4 Å². The fourth-order valence-electron chi connectivity index (χ4n) is 3.28. The van der Waals surface area contributed by atoms with E-state index in [1.807, 2.05) is 37.3 Å². The van der Waals surface area contributed by atoms with Crippen LogP contribution in [0.5, 0.6) is 0 Å². The second-order valence-electron chi connectivity index (χ2n) is 7.36. The highest BCUT2D eigenvalue weighted by Gasteiger charge is 2.27. The van der Waals surface area contributed by atoms with Crippen molar-refractivity contribution in [1.29, 1.82) is 0 Å². The van der Waals surface area contributed by atoms with Crippen LogP contribution in [0.3, 0.4) is 0 Å². The fourth-order valence-corrected chi connectivity index (χ4v) is 3.28. The summed E-state index contributed by atoms with van der Waals surface area (Å²) in [4.78, 5) is 16.6. The first-order chi connectivity index (χ1) is 14.7. The van der Waals surface area contributed by atoms with Gasteiger partial charge in [-0.2, -0.15) is 0 Å². The molecular weight excluding hydrogens is 378 g/mol. The maximum Gasteiger partial charge on any atom is 0.273 e. The summed E-state index contributed by atoms with van der Waals surface area (Å²) in [7, 11) is 0. The Kier molecular flexibility index (Phi) is 5.88. The number of nitrogens with one attached hydrogen (secondary N) is 1. The van der Waals surface area contributed by atoms with Gasteiger partial charge in [-0.3, -0.25) is 4.79 Å². The van der Waals surface area contributed by atoms with Gasteiger partial charge in [0, 0.05) is 12.6 Å². The fraction of sp³-hybridized carbons (Fsp3) is 0.304. The number of nitrogens with zero attached hydrogens (tertiary/aromatic N) is 4. The maximum atomic E-state index is 12.7. The Hall–Kier alpha value is -3.48. The molecule has 1 fully saturated rings. The van der Waals surface area contributed by atoms with Gasteiger partial charge in [0.2, 0.25) is 0 Å². The summed E-state index contributed by atoms with van der Waals surface area (Å²) in [5.74, 6) is -0.420. The summed E-state index contributed by atoms with van der Waals surface area (Å²) in [6.45, 7) is 2.28. The van der Waals surface area contributed by atoms with E-state index in [0.29, 0.717) is 24.2 Å². The quantitative estimate of drug-likeness (QED) is 0.461. The van der Waals surface area contributed by atoms with Crippen LogP contribution in [0.2, 0.25) is 0 Å². The van der Waals surface area contributed by atoms with Crippen molar-refractivity contribution in [2.45, 2.75) is 38.6 Å². The van der Waals surface area contributed by atoms with Crippen LogP contribution < -0.4 is 10.4 Å². The first-order valence-corrected chi connectivity index (χ1v) is 10.3. The third kappa shape index (κ3) is 4.56. The van der Waals surface area contributed by atoms with Gasteiger partial charge in [0.1, 0.15) is 0 Å². The van der Waals surface area contributed by atoms with E-state index in [-0.39, 0.29) is 17.8 Å². The van der Waals surface area contributed by atoms with Crippen molar-refractivity contribution in [3.8, 4) is 5.69 Å². The van der Waals surface area contributed by atoms with Gasteiger partial charge in [-0.25, -0.2) is 4.68 Å². The molecule has 154 valence electrons. The Bertz CT molecular complexity index is 1040. The predicted octanol–water partition coefficient (Wildman–Crippen LogP) is 2.07. The molecule has 0 unspecified atom stereocenters. The van der Waals surface area contributed by atoms with Gasteiger partial charge in [-0.15, -0.1) is 5.10 Å². The molecule has 0 bridgehead atoms. The molecule has 7 nitrogen and oxygen atoms in total. The molecule has 1 N–H and O–H groups in total. The van der Waals surface area contributed by atoms with Crippen LogP contribution >= 0.6 is 0 Å². The molecule has 30 heavy (non-hydrogen) atoms. The van der Waals surface area contributed by atoms with E-state index in [9.17, 15) is 9.90 Å². The summed E-state index contributed by atoms with van der Waals surface area (Å²) < 4.78 is 1.69. The molecule has 0 spiro atoms. The monoisotopic (exact) mass is 402 g/mol. The predicted molar refractivity (Wildman–Crippen MR) is 113 cm³/mol. The lowest BCUT2D eigenvalue weighted by molar-refractivity contribution is -0.213.